The van der Waals surface area contributed by atoms with Crippen LogP contribution in [0.5, 0.6) is 0 Å². The monoisotopic (exact) mass is 234 g/mol. The molecule has 0 aliphatic heterocycles. The quantitative estimate of drug-likeness (QED) is 0.646. The highest BCUT2D eigenvalue weighted by molar-refractivity contribution is 5.75. The Labute approximate surface area is 105 Å². The normalized spacial score (nSPS) is 43.0. The third kappa shape index (κ3) is 2.44. The van der Waals surface area contributed by atoms with Gasteiger partial charge in [0.25, 0.3) is 0 Å². The first-order valence-electron chi connectivity index (χ1n) is 7.65. The summed E-state index contributed by atoms with van der Waals surface area (Å²) in [5.74, 6) is 3.60. The van der Waals surface area contributed by atoms with Crippen molar-refractivity contribution in [1.82, 2.24) is 0 Å². The zero-order valence-corrected chi connectivity index (χ0v) is 11.2. The highest BCUT2D eigenvalue weighted by atomic mass is 16.1. The van der Waals surface area contributed by atoms with Gasteiger partial charge in [0, 0.05) is 6.42 Å². The predicted molar refractivity (Wildman–Crippen MR) is 69.8 cm³/mol. The summed E-state index contributed by atoms with van der Waals surface area (Å²) in [7, 11) is 0. The van der Waals surface area contributed by atoms with Crippen molar-refractivity contribution in [3.63, 3.8) is 0 Å². The van der Waals surface area contributed by atoms with Gasteiger partial charge in [-0.05, 0) is 81.5 Å². The van der Waals surface area contributed by atoms with Crippen LogP contribution in [-0.2, 0) is 4.79 Å². The van der Waals surface area contributed by atoms with E-state index in [-0.39, 0.29) is 0 Å². The minimum absolute atomic E-state index is 0.371. The maximum absolute atomic E-state index is 11.0. The zero-order valence-electron chi connectivity index (χ0n) is 11.2. The number of rotatable bonds is 5. The lowest BCUT2D eigenvalue weighted by atomic mass is 9.48. The molecule has 0 amide bonds. The molecule has 0 aromatic rings. The molecule has 4 saturated carbocycles. The molecule has 4 rings (SSSR count). The van der Waals surface area contributed by atoms with Gasteiger partial charge in [0.2, 0.25) is 0 Å². The van der Waals surface area contributed by atoms with E-state index < -0.39 is 0 Å². The lowest BCUT2D eigenvalue weighted by molar-refractivity contribution is -0.117. The molecule has 0 aromatic heterocycles. The van der Waals surface area contributed by atoms with Crippen LogP contribution in [0.1, 0.15) is 71.1 Å². The largest absolute Gasteiger partial charge is 0.300 e. The second-order valence-electron chi connectivity index (χ2n) is 7.33. The smallest absolute Gasteiger partial charge is 0.129 e. The zero-order chi connectivity index (χ0) is 11.9. The van der Waals surface area contributed by atoms with Crippen LogP contribution in [0, 0.1) is 23.2 Å². The Hall–Kier alpha value is -0.330. The number of unbranched alkanes of at least 4 members (excludes halogenated alkanes) is 1. The molecule has 0 spiro atoms. The fraction of sp³-hybridized carbons (Fsp3) is 0.938. The number of hydrogen-bond acceptors (Lipinski definition) is 1. The van der Waals surface area contributed by atoms with Crippen LogP contribution in [0.4, 0.5) is 0 Å². The van der Waals surface area contributed by atoms with E-state index in [9.17, 15) is 4.79 Å². The van der Waals surface area contributed by atoms with E-state index in [0.29, 0.717) is 5.78 Å². The van der Waals surface area contributed by atoms with Crippen molar-refractivity contribution >= 4 is 5.78 Å². The minimum Gasteiger partial charge on any atom is -0.300 e. The topological polar surface area (TPSA) is 17.1 Å². The van der Waals surface area contributed by atoms with Gasteiger partial charge in [-0.15, -0.1) is 0 Å². The van der Waals surface area contributed by atoms with E-state index in [4.69, 9.17) is 0 Å². The molecule has 0 heterocycles. The van der Waals surface area contributed by atoms with Crippen molar-refractivity contribution in [1.29, 1.82) is 0 Å². The molecular formula is C16H26O. The lowest BCUT2D eigenvalue weighted by Crippen LogP contribution is -2.45. The molecule has 4 aliphatic rings. The number of Topliss-reactive ketones (excluding diaryl/α,β-unsaturated/α-hetero) is 1. The van der Waals surface area contributed by atoms with Gasteiger partial charge in [-0.25, -0.2) is 0 Å². The molecule has 0 atom stereocenters. The second kappa shape index (κ2) is 4.40. The lowest BCUT2D eigenvalue weighted by Gasteiger charge is -2.57. The third-order valence-electron chi connectivity index (χ3n) is 5.65. The fourth-order valence-electron chi connectivity index (χ4n) is 5.47. The van der Waals surface area contributed by atoms with Crippen LogP contribution < -0.4 is 0 Å². The summed E-state index contributed by atoms with van der Waals surface area (Å²) in [5.41, 5.74) is 0.728. The summed E-state index contributed by atoms with van der Waals surface area (Å²) in [6.07, 6.45) is 13.9. The summed E-state index contributed by atoms with van der Waals surface area (Å²) < 4.78 is 0. The Kier molecular flexibility index (Phi) is 3.04. The number of carbonyl (C=O) groups is 1. The van der Waals surface area contributed by atoms with Gasteiger partial charge in [-0.1, -0.05) is 6.42 Å². The van der Waals surface area contributed by atoms with Crippen LogP contribution in [0.25, 0.3) is 0 Å². The molecule has 4 aliphatic carbocycles. The second-order valence-corrected chi connectivity index (χ2v) is 7.33. The molecule has 96 valence electrons. The molecule has 0 unspecified atom stereocenters. The van der Waals surface area contributed by atoms with Gasteiger partial charge in [0.15, 0.2) is 0 Å². The molecule has 1 heteroatoms. The first-order chi connectivity index (χ1) is 8.15. The van der Waals surface area contributed by atoms with Gasteiger partial charge in [0.1, 0.15) is 5.78 Å². The number of ketones is 1. The minimum atomic E-state index is 0.371. The Morgan fingerprint density at radius 1 is 1.00 bits per heavy atom. The van der Waals surface area contributed by atoms with Crippen LogP contribution >= 0.6 is 0 Å². The molecule has 0 saturated heterocycles. The summed E-state index contributed by atoms with van der Waals surface area (Å²) in [5, 5.41) is 0. The predicted octanol–water partition coefficient (Wildman–Crippen LogP) is 4.35. The standard InChI is InChI=1S/C16H26O/c1-12(17)4-2-3-5-16-9-13-6-14(10-16)8-15(7-13)11-16/h13-15H,2-11H2,1H3. The molecule has 0 radical (unpaired) electrons. The van der Waals surface area contributed by atoms with Crippen LogP contribution in [-0.4, -0.2) is 5.78 Å². The molecule has 17 heavy (non-hydrogen) atoms. The molecule has 0 N–H and O–H groups in total. The average molecular weight is 234 g/mol. The van der Waals surface area contributed by atoms with Gasteiger partial charge in [-0.3, -0.25) is 0 Å². The van der Waals surface area contributed by atoms with Crippen LogP contribution in [0.15, 0.2) is 0 Å². The SMILES string of the molecule is CC(=O)CCCCC12CC3CC(CC(C3)C1)C2. The average Bonchev–Trinajstić information content (AvgIpc) is 2.22. The molecule has 0 aromatic carbocycles. The first-order valence-corrected chi connectivity index (χ1v) is 7.65. The molecule has 1 nitrogen and oxygen atoms in total. The van der Waals surface area contributed by atoms with E-state index in [2.05, 4.69) is 0 Å². The van der Waals surface area contributed by atoms with E-state index in [0.717, 1.165) is 36.0 Å². The van der Waals surface area contributed by atoms with Gasteiger partial charge < -0.3 is 4.79 Å². The van der Waals surface area contributed by atoms with Gasteiger partial charge in [-0.2, -0.15) is 0 Å². The van der Waals surface area contributed by atoms with Crippen molar-refractivity contribution in [3.8, 4) is 0 Å². The highest BCUT2D eigenvalue weighted by Crippen LogP contribution is 2.61. The maximum atomic E-state index is 11.0. The van der Waals surface area contributed by atoms with Crippen molar-refractivity contribution in [2.24, 2.45) is 23.2 Å². The van der Waals surface area contributed by atoms with E-state index >= 15 is 0 Å². The van der Waals surface area contributed by atoms with Gasteiger partial charge in [0.05, 0.1) is 0 Å². The summed E-state index contributed by atoms with van der Waals surface area (Å²) in [6.45, 7) is 1.73. The molecular weight excluding hydrogens is 208 g/mol. The Morgan fingerprint density at radius 2 is 1.53 bits per heavy atom. The maximum Gasteiger partial charge on any atom is 0.129 e. The van der Waals surface area contributed by atoms with E-state index in [1.807, 2.05) is 0 Å². The Balaban J connectivity index is 1.53. The van der Waals surface area contributed by atoms with Gasteiger partial charge >= 0.3 is 0 Å². The van der Waals surface area contributed by atoms with Crippen molar-refractivity contribution in [3.05, 3.63) is 0 Å². The van der Waals surface area contributed by atoms with Crippen LogP contribution in [0.2, 0.25) is 0 Å². The van der Waals surface area contributed by atoms with E-state index in [1.165, 1.54) is 32.1 Å². The number of hydrogen-bond donors (Lipinski definition) is 0. The first kappa shape index (κ1) is 11.7. The van der Waals surface area contributed by atoms with Crippen molar-refractivity contribution < 1.29 is 4.79 Å². The third-order valence-corrected chi connectivity index (χ3v) is 5.65. The van der Waals surface area contributed by atoms with Crippen LogP contribution in [0.3, 0.4) is 0 Å². The number of carbonyl (C=O) groups excluding carboxylic acids is 1. The summed E-state index contributed by atoms with van der Waals surface area (Å²) >= 11 is 0. The highest BCUT2D eigenvalue weighted by Gasteiger charge is 2.50. The molecule has 4 bridgehead atoms. The van der Waals surface area contributed by atoms with Crippen molar-refractivity contribution in [2.75, 3.05) is 0 Å². The van der Waals surface area contributed by atoms with Crippen molar-refractivity contribution in [2.45, 2.75) is 71.1 Å². The fourth-order valence-corrected chi connectivity index (χ4v) is 5.47. The Morgan fingerprint density at radius 3 is 2.00 bits per heavy atom. The summed E-state index contributed by atoms with van der Waals surface area (Å²) in [4.78, 5) is 11.0. The Bertz CT molecular complexity index is 269. The molecule has 4 fully saturated rings. The summed E-state index contributed by atoms with van der Waals surface area (Å²) in [6, 6.07) is 0. The van der Waals surface area contributed by atoms with E-state index in [1.54, 1.807) is 26.2 Å².